The summed E-state index contributed by atoms with van der Waals surface area (Å²) >= 11 is 0. The highest BCUT2D eigenvalue weighted by molar-refractivity contribution is 5.85. The lowest BCUT2D eigenvalue weighted by Gasteiger charge is -2.25. The molecular formula is C12H14O2. The predicted octanol–water partition coefficient (Wildman–Crippen LogP) is 2.41. The number of Topliss-reactive ketones (excluding diaryl/α,β-unsaturated/α-hetero) is 1. The molecular weight excluding hydrogens is 176 g/mol. The lowest BCUT2D eigenvalue weighted by molar-refractivity contribution is -0.129. The summed E-state index contributed by atoms with van der Waals surface area (Å²) in [5.41, 5.74) is 2.50. The Morgan fingerprint density at radius 1 is 1.21 bits per heavy atom. The van der Waals surface area contributed by atoms with Crippen LogP contribution in [0.15, 0.2) is 18.2 Å². The maximum Gasteiger partial charge on any atom is 0.140 e. The molecule has 1 aromatic carbocycles. The van der Waals surface area contributed by atoms with E-state index in [9.17, 15) is 4.79 Å². The van der Waals surface area contributed by atoms with E-state index in [4.69, 9.17) is 4.74 Å². The molecule has 0 aromatic heterocycles. The van der Waals surface area contributed by atoms with Crippen LogP contribution >= 0.6 is 0 Å². The van der Waals surface area contributed by atoms with E-state index < -0.39 is 0 Å². The third-order valence-electron chi connectivity index (χ3n) is 2.69. The molecule has 74 valence electrons. The van der Waals surface area contributed by atoms with E-state index in [0.29, 0.717) is 18.6 Å². The van der Waals surface area contributed by atoms with Gasteiger partial charge in [-0.15, -0.1) is 0 Å². The fraction of sp³-hybridized carbons (Fsp3) is 0.417. The first kappa shape index (κ1) is 9.25. The van der Waals surface area contributed by atoms with E-state index in [0.717, 1.165) is 5.75 Å². The fourth-order valence-electron chi connectivity index (χ4n) is 1.51. The third-order valence-corrected chi connectivity index (χ3v) is 2.69. The summed E-state index contributed by atoms with van der Waals surface area (Å²) < 4.78 is 5.64. The number of aryl methyl sites for hydroxylation is 2. The number of rotatable bonds is 2. The smallest absolute Gasteiger partial charge is 0.140 e. The molecule has 0 heterocycles. The van der Waals surface area contributed by atoms with Gasteiger partial charge < -0.3 is 4.74 Å². The maximum atomic E-state index is 10.7. The molecule has 2 nitrogen and oxygen atoms in total. The van der Waals surface area contributed by atoms with E-state index in [-0.39, 0.29) is 6.10 Å². The minimum Gasteiger partial charge on any atom is -0.490 e. The molecule has 1 aliphatic rings. The highest BCUT2D eigenvalue weighted by Crippen LogP contribution is 2.24. The maximum absolute atomic E-state index is 10.7. The number of ketones is 1. The van der Waals surface area contributed by atoms with Gasteiger partial charge in [-0.05, 0) is 37.1 Å². The third kappa shape index (κ3) is 1.79. The summed E-state index contributed by atoms with van der Waals surface area (Å²) in [7, 11) is 0. The van der Waals surface area contributed by atoms with Gasteiger partial charge in [-0.25, -0.2) is 0 Å². The van der Waals surface area contributed by atoms with Crippen LogP contribution in [0.5, 0.6) is 5.75 Å². The largest absolute Gasteiger partial charge is 0.490 e. The number of carbonyl (C=O) groups is 1. The van der Waals surface area contributed by atoms with Crippen molar-refractivity contribution in [1.82, 2.24) is 0 Å². The van der Waals surface area contributed by atoms with Gasteiger partial charge in [0.1, 0.15) is 17.6 Å². The molecule has 2 heteroatoms. The van der Waals surface area contributed by atoms with Crippen molar-refractivity contribution >= 4 is 5.78 Å². The number of carbonyl (C=O) groups excluding carboxylic acids is 1. The second-order valence-electron chi connectivity index (χ2n) is 3.93. The molecule has 1 saturated carbocycles. The van der Waals surface area contributed by atoms with Crippen molar-refractivity contribution in [1.29, 1.82) is 0 Å². The van der Waals surface area contributed by atoms with Gasteiger partial charge in [0.15, 0.2) is 0 Å². The summed E-state index contributed by atoms with van der Waals surface area (Å²) in [6.45, 7) is 4.14. The molecule has 0 spiro atoms. The molecule has 1 aliphatic carbocycles. The number of hydrogen-bond acceptors (Lipinski definition) is 2. The summed E-state index contributed by atoms with van der Waals surface area (Å²) in [6.07, 6.45) is 1.27. The van der Waals surface area contributed by atoms with Crippen LogP contribution in [-0.2, 0) is 4.79 Å². The average molecular weight is 190 g/mol. The Hall–Kier alpha value is -1.31. The second-order valence-corrected chi connectivity index (χ2v) is 3.93. The molecule has 0 aliphatic heterocycles. The molecule has 1 aromatic rings. The standard InChI is InChI=1S/C12H14O2/c1-8-3-4-11(5-9(8)2)14-12-6-10(13)7-12/h3-5,12H,6-7H2,1-2H3. The number of hydrogen-bond donors (Lipinski definition) is 0. The first-order chi connectivity index (χ1) is 6.65. The minimum absolute atomic E-state index is 0.115. The van der Waals surface area contributed by atoms with Crippen molar-refractivity contribution in [2.24, 2.45) is 0 Å². The zero-order valence-electron chi connectivity index (χ0n) is 8.54. The minimum atomic E-state index is 0.115. The number of ether oxygens (including phenoxy) is 1. The SMILES string of the molecule is Cc1ccc(OC2CC(=O)C2)cc1C. The molecule has 0 radical (unpaired) electrons. The second kappa shape index (κ2) is 3.45. The highest BCUT2D eigenvalue weighted by atomic mass is 16.5. The van der Waals surface area contributed by atoms with Crippen LogP contribution in [0.1, 0.15) is 24.0 Å². The van der Waals surface area contributed by atoms with Crippen molar-refractivity contribution < 1.29 is 9.53 Å². The lowest BCUT2D eigenvalue weighted by atomic mass is 9.94. The fourth-order valence-corrected chi connectivity index (χ4v) is 1.51. The van der Waals surface area contributed by atoms with Gasteiger partial charge in [0, 0.05) is 12.8 Å². The first-order valence-corrected chi connectivity index (χ1v) is 4.91. The number of benzene rings is 1. The molecule has 2 rings (SSSR count). The van der Waals surface area contributed by atoms with Crippen LogP contribution in [0.2, 0.25) is 0 Å². The Labute approximate surface area is 83.9 Å². The first-order valence-electron chi connectivity index (χ1n) is 4.91. The lowest BCUT2D eigenvalue weighted by Crippen LogP contribution is -2.33. The van der Waals surface area contributed by atoms with Crippen LogP contribution in [0.3, 0.4) is 0 Å². The van der Waals surface area contributed by atoms with Gasteiger partial charge in [-0.1, -0.05) is 6.07 Å². The Kier molecular flexibility index (Phi) is 2.28. The zero-order valence-corrected chi connectivity index (χ0v) is 8.54. The Morgan fingerprint density at radius 3 is 2.50 bits per heavy atom. The predicted molar refractivity (Wildman–Crippen MR) is 54.6 cm³/mol. The highest BCUT2D eigenvalue weighted by Gasteiger charge is 2.28. The van der Waals surface area contributed by atoms with Gasteiger partial charge >= 0.3 is 0 Å². The summed E-state index contributed by atoms with van der Waals surface area (Å²) in [5.74, 6) is 1.18. The van der Waals surface area contributed by atoms with E-state index in [1.165, 1.54) is 11.1 Å². The topological polar surface area (TPSA) is 26.3 Å². The van der Waals surface area contributed by atoms with Crippen LogP contribution in [0.25, 0.3) is 0 Å². The van der Waals surface area contributed by atoms with Crippen LogP contribution in [-0.4, -0.2) is 11.9 Å². The molecule has 14 heavy (non-hydrogen) atoms. The van der Waals surface area contributed by atoms with E-state index in [1.54, 1.807) is 0 Å². The molecule has 0 saturated heterocycles. The van der Waals surface area contributed by atoms with Crippen LogP contribution in [0, 0.1) is 13.8 Å². The van der Waals surface area contributed by atoms with E-state index >= 15 is 0 Å². The van der Waals surface area contributed by atoms with Crippen molar-refractivity contribution in [2.45, 2.75) is 32.8 Å². The van der Waals surface area contributed by atoms with Crippen LogP contribution in [0.4, 0.5) is 0 Å². The molecule has 0 bridgehead atoms. The normalized spacial score (nSPS) is 16.6. The Balaban J connectivity index is 2.03. The average Bonchev–Trinajstić information content (AvgIpc) is 2.09. The van der Waals surface area contributed by atoms with Gasteiger partial charge in [-0.2, -0.15) is 0 Å². The summed E-state index contributed by atoms with van der Waals surface area (Å²) in [5, 5.41) is 0. The summed E-state index contributed by atoms with van der Waals surface area (Å²) in [6, 6.07) is 6.04. The molecule has 0 amide bonds. The van der Waals surface area contributed by atoms with Gasteiger partial charge in [0.05, 0.1) is 0 Å². The van der Waals surface area contributed by atoms with Gasteiger partial charge in [0.25, 0.3) is 0 Å². The Bertz CT molecular complexity index is 361. The summed E-state index contributed by atoms with van der Waals surface area (Å²) in [4.78, 5) is 10.7. The van der Waals surface area contributed by atoms with Crippen molar-refractivity contribution in [3.8, 4) is 5.75 Å². The van der Waals surface area contributed by atoms with E-state index in [2.05, 4.69) is 13.8 Å². The van der Waals surface area contributed by atoms with Gasteiger partial charge in [0.2, 0.25) is 0 Å². The quantitative estimate of drug-likeness (QED) is 0.715. The van der Waals surface area contributed by atoms with E-state index in [1.807, 2.05) is 18.2 Å². The molecule has 0 atom stereocenters. The molecule has 1 fully saturated rings. The van der Waals surface area contributed by atoms with Crippen molar-refractivity contribution in [2.75, 3.05) is 0 Å². The Morgan fingerprint density at radius 2 is 1.93 bits per heavy atom. The monoisotopic (exact) mass is 190 g/mol. The molecule has 0 N–H and O–H groups in total. The van der Waals surface area contributed by atoms with Crippen LogP contribution < -0.4 is 4.74 Å². The van der Waals surface area contributed by atoms with Crippen molar-refractivity contribution in [3.05, 3.63) is 29.3 Å². The molecule has 0 unspecified atom stereocenters. The zero-order chi connectivity index (χ0) is 10.1. The van der Waals surface area contributed by atoms with Crippen molar-refractivity contribution in [3.63, 3.8) is 0 Å². The van der Waals surface area contributed by atoms with Gasteiger partial charge in [-0.3, -0.25) is 4.79 Å².